The zero-order valence-corrected chi connectivity index (χ0v) is 11.6. The maximum Gasteiger partial charge on any atom is 0.184 e. The van der Waals surface area contributed by atoms with Crippen LogP contribution in [0.4, 0.5) is 8.78 Å². The van der Waals surface area contributed by atoms with E-state index in [-0.39, 0.29) is 5.52 Å². The van der Waals surface area contributed by atoms with E-state index in [1.54, 1.807) is 4.57 Å². The molecule has 0 fully saturated rings. The van der Waals surface area contributed by atoms with Crippen LogP contribution in [0.5, 0.6) is 0 Å². The Morgan fingerprint density at radius 2 is 1.80 bits per heavy atom. The van der Waals surface area contributed by atoms with Gasteiger partial charge < -0.3 is 9.55 Å². The van der Waals surface area contributed by atoms with Crippen LogP contribution >= 0.6 is 12.2 Å². The topological polar surface area (TPSA) is 20.7 Å². The number of aromatic nitrogens is 2. The average molecular weight is 290 g/mol. The van der Waals surface area contributed by atoms with E-state index >= 15 is 0 Å². The van der Waals surface area contributed by atoms with Gasteiger partial charge in [-0.25, -0.2) is 8.78 Å². The predicted octanol–water partition coefficient (Wildman–Crippen LogP) is 4.33. The number of benzene rings is 2. The molecule has 0 bridgehead atoms. The van der Waals surface area contributed by atoms with Crippen molar-refractivity contribution in [1.82, 2.24) is 9.55 Å². The molecule has 3 aromatic rings. The molecule has 102 valence electrons. The van der Waals surface area contributed by atoms with Gasteiger partial charge in [0, 0.05) is 0 Å². The zero-order chi connectivity index (χ0) is 14.3. The number of hydrogen-bond donors (Lipinski definition) is 1. The first-order valence-electron chi connectivity index (χ1n) is 6.18. The molecular formula is C15H12F2N2S. The maximum absolute atomic E-state index is 14.0. The van der Waals surface area contributed by atoms with Crippen molar-refractivity contribution < 1.29 is 8.78 Å². The molecule has 0 spiro atoms. The van der Waals surface area contributed by atoms with Crippen LogP contribution in [0.15, 0.2) is 36.4 Å². The molecule has 20 heavy (non-hydrogen) atoms. The number of nitrogens with one attached hydrogen (secondary N) is 1. The molecule has 1 aromatic heterocycles. The second kappa shape index (κ2) is 4.83. The van der Waals surface area contributed by atoms with Gasteiger partial charge in [-0.2, -0.15) is 0 Å². The fourth-order valence-corrected chi connectivity index (χ4v) is 2.48. The first-order valence-corrected chi connectivity index (χ1v) is 6.59. The van der Waals surface area contributed by atoms with Gasteiger partial charge in [-0.1, -0.05) is 29.8 Å². The van der Waals surface area contributed by atoms with Gasteiger partial charge in [0.05, 0.1) is 12.1 Å². The lowest BCUT2D eigenvalue weighted by Gasteiger charge is -2.06. The Labute approximate surface area is 119 Å². The molecule has 0 unspecified atom stereocenters. The SMILES string of the molecule is Cc1ccc(Cn2c(=S)[nH]c3ccc(F)c(F)c32)cc1. The zero-order valence-electron chi connectivity index (χ0n) is 10.8. The molecule has 0 aliphatic carbocycles. The Morgan fingerprint density at radius 1 is 1.10 bits per heavy atom. The minimum atomic E-state index is -0.873. The van der Waals surface area contributed by atoms with Crippen molar-refractivity contribution >= 4 is 23.3 Å². The van der Waals surface area contributed by atoms with E-state index < -0.39 is 11.6 Å². The minimum Gasteiger partial charge on any atom is -0.330 e. The average Bonchev–Trinajstić information content (AvgIpc) is 2.74. The smallest absolute Gasteiger partial charge is 0.184 e. The van der Waals surface area contributed by atoms with E-state index in [0.29, 0.717) is 16.8 Å². The third kappa shape index (κ3) is 2.14. The molecule has 0 radical (unpaired) electrons. The first kappa shape index (κ1) is 13.0. The van der Waals surface area contributed by atoms with Gasteiger partial charge in [-0.05, 0) is 36.8 Å². The number of nitrogens with zero attached hydrogens (tertiary/aromatic N) is 1. The quantitative estimate of drug-likeness (QED) is 0.697. The van der Waals surface area contributed by atoms with Gasteiger partial charge in [-0.3, -0.25) is 0 Å². The highest BCUT2D eigenvalue weighted by Crippen LogP contribution is 2.21. The van der Waals surface area contributed by atoms with E-state index in [9.17, 15) is 8.78 Å². The molecule has 0 aliphatic rings. The van der Waals surface area contributed by atoms with Crippen molar-refractivity contribution in [2.45, 2.75) is 13.5 Å². The summed E-state index contributed by atoms with van der Waals surface area (Å²) in [6.07, 6.45) is 0. The van der Waals surface area contributed by atoms with Crippen molar-refractivity contribution in [3.8, 4) is 0 Å². The highest BCUT2D eigenvalue weighted by molar-refractivity contribution is 7.71. The monoisotopic (exact) mass is 290 g/mol. The van der Waals surface area contributed by atoms with Crippen LogP contribution in [-0.4, -0.2) is 9.55 Å². The lowest BCUT2D eigenvalue weighted by Crippen LogP contribution is -2.02. The molecule has 0 atom stereocenters. The Balaban J connectivity index is 2.16. The lowest BCUT2D eigenvalue weighted by molar-refractivity contribution is 0.512. The molecule has 2 nitrogen and oxygen atoms in total. The molecular weight excluding hydrogens is 278 g/mol. The summed E-state index contributed by atoms with van der Waals surface area (Å²) < 4.78 is 29.3. The second-order valence-electron chi connectivity index (χ2n) is 4.76. The summed E-state index contributed by atoms with van der Waals surface area (Å²) in [6, 6.07) is 10.4. The number of fused-ring (bicyclic) bond motifs is 1. The highest BCUT2D eigenvalue weighted by Gasteiger charge is 2.13. The Bertz CT molecular complexity index is 831. The summed E-state index contributed by atoms with van der Waals surface area (Å²) >= 11 is 5.20. The summed E-state index contributed by atoms with van der Waals surface area (Å²) in [4.78, 5) is 2.90. The van der Waals surface area contributed by atoms with Crippen LogP contribution in [0.3, 0.4) is 0 Å². The molecule has 2 aromatic carbocycles. The Morgan fingerprint density at radius 3 is 2.50 bits per heavy atom. The van der Waals surface area contributed by atoms with Gasteiger partial charge in [0.2, 0.25) is 0 Å². The van der Waals surface area contributed by atoms with E-state index in [1.807, 2.05) is 31.2 Å². The third-order valence-corrected chi connectivity index (χ3v) is 3.61. The number of aromatic amines is 1. The van der Waals surface area contributed by atoms with Crippen molar-refractivity contribution in [3.63, 3.8) is 0 Å². The predicted molar refractivity (Wildman–Crippen MR) is 77.3 cm³/mol. The van der Waals surface area contributed by atoms with Gasteiger partial charge in [0.1, 0.15) is 5.52 Å². The number of hydrogen-bond acceptors (Lipinski definition) is 1. The number of aryl methyl sites for hydroxylation is 1. The fraction of sp³-hybridized carbons (Fsp3) is 0.133. The summed E-state index contributed by atoms with van der Waals surface area (Å²) in [7, 11) is 0. The van der Waals surface area contributed by atoms with Crippen molar-refractivity contribution in [3.05, 3.63) is 63.9 Å². The molecule has 0 saturated carbocycles. The lowest BCUT2D eigenvalue weighted by atomic mass is 10.1. The first-order chi connectivity index (χ1) is 9.56. The van der Waals surface area contributed by atoms with Crippen molar-refractivity contribution in [2.24, 2.45) is 0 Å². The maximum atomic E-state index is 14.0. The van der Waals surface area contributed by atoms with Crippen LogP contribution in [0.2, 0.25) is 0 Å². The molecule has 3 rings (SSSR count). The third-order valence-electron chi connectivity index (χ3n) is 3.29. The van der Waals surface area contributed by atoms with E-state index in [0.717, 1.165) is 17.2 Å². The number of H-pyrrole nitrogens is 1. The van der Waals surface area contributed by atoms with Crippen LogP contribution in [0, 0.1) is 23.3 Å². The summed E-state index contributed by atoms with van der Waals surface area (Å²) in [5.74, 6) is -1.74. The number of rotatable bonds is 2. The second-order valence-corrected chi connectivity index (χ2v) is 5.15. The normalized spacial score (nSPS) is 11.2. The highest BCUT2D eigenvalue weighted by atomic mass is 32.1. The van der Waals surface area contributed by atoms with Gasteiger partial charge in [0.15, 0.2) is 16.4 Å². The molecule has 1 N–H and O–H groups in total. The van der Waals surface area contributed by atoms with Crippen LogP contribution in [0.1, 0.15) is 11.1 Å². The molecule has 0 saturated heterocycles. The largest absolute Gasteiger partial charge is 0.330 e. The van der Waals surface area contributed by atoms with Crippen LogP contribution in [0.25, 0.3) is 11.0 Å². The Kier molecular flexibility index (Phi) is 3.14. The summed E-state index contributed by atoms with van der Waals surface area (Å²) in [5, 5.41) is 0. The van der Waals surface area contributed by atoms with Gasteiger partial charge >= 0.3 is 0 Å². The summed E-state index contributed by atoms with van der Waals surface area (Å²) in [6.45, 7) is 2.40. The standard InChI is InChI=1S/C15H12F2N2S/c1-9-2-4-10(5-3-9)8-19-14-12(18-15(19)20)7-6-11(16)13(14)17/h2-7H,8H2,1H3,(H,18,20). The van der Waals surface area contributed by atoms with Crippen molar-refractivity contribution in [2.75, 3.05) is 0 Å². The molecule has 0 aliphatic heterocycles. The molecule has 0 amide bonds. The van der Waals surface area contributed by atoms with Gasteiger partial charge in [0.25, 0.3) is 0 Å². The minimum absolute atomic E-state index is 0.176. The fourth-order valence-electron chi connectivity index (χ4n) is 2.22. The van der Waals surface area contributed by atoms with E-state index in [1.165, 1.54) is 6.07 Å². The van der Waals surface area contributed by atoms with E-state index in [2.05, 4.69) is 4.98 Å². The van der Waals surface area contributed by atoms with E-state index in [4.69, 9.17) is 12.2 Å². The van der Waals surface area contributed by atoms with Crippen LogP contribution < -0.4 is 0 Å². The number of imidazole rings is 1. The molecule has 1 heterocycles. The van der Waals surface area contributed by atoms with Crippen molar-refractivity contribution in [1.29, 1.82) is 0 Å². The van der Waals surface area contributed by atoms with Gasteiger partial charge in [-0.15, -0.1) is 0 Å². The number of halogens is 2. The summed E-state index contributed by atoms with van der Waals surface area (Å²) in [5.41, 5.74) is 2.81. The Hall–Kier alpha value is -2.01. The van der Waals surface area contributed by atoms with Crippen LogP contribution in [-0.2, 0) is 6.54 Å². The molecule has 5 heteroatoms.